The molecule has 0 aliphatic carbocycles. The zero-order valence-electron chi connectivity index (χ0n) is 15.7. The summed E-state index contributed by atoms with van der Waals surface area (Å²) >= 11 is 7.41. The molecule has 0 spiro atoms. The van der Waals surface area contributed by atoms with Gasteiger partial charge in [-0.15, -0.1) is 5.10 Å². The maximum atomic E-state index is 12.1. The molecule has 0 aliphatic heterocycles. The number of benzene rings is 2. The number of hydrogen-bond donors (Lipinski definition) is 2. The van der Waals surface area contributed by atoms with E-state index < -0.39 is 0 Å². The summed E-state index contributed by atoms with van der Waals surface area (Å²) in [7, 11) is 0. The maximum absolute atomic E-state index is 12.1. The summed E-state index contributed by atoms with van der Waals surface area (Å²) < 4.78 is 1.73. The minimum absolute atomic E-state index is 0.322. The third kappa shape index (κ3) is 4.67. The highest BCUT2D eigenvalue weighted by atomic mass is 35.5. The lowest BCUT2D eigenvalue weighted by molar-refractivity contribution is 0.262. The van der Waals surface area contributed by atoms with Crippen molar-refractivity contribution in [3.63, 3.8) is 0 Å². The van der Waals surface area contributed by atoms with Gasteiger partial charge in [-0.2, -0.15) is 9.50 Å². The van der Waals surface area contributed by atoms with Gasteiger partial charge in [0, 0.05) is 27.0 Å². The lowest BCUT2D eigenvalue weighted by Gasteiger charge is -2.09. The first-order valence-electron chi connectivity index (χ1n) is 8.79. The van der Waals surface area contributed by atoms with E-state index in [2.05, 4.69) is 25.7 Å². The van der Waals surface area contributed by atoms with E-state index in [1.165, 1.54) is 0 Å². The first-order chi connectivity index (χ1) is 14.0. The van der Waals surface area contributed by atoms with Crippen LogP contribution in [0.3, 0.4) is 0 Å². The zero-order chi connectivity index (χ0) is 20.4. The number of nitrogens with zero attached hydrogens (tertiary/aromatic N) is 4. The summed E-state index contributed by atoms with van der Waals surface area (Å²) in [6.45, 7) is 3.77. The third-order valence-electron chi connectivity index (χ3n) is 3.95. The third-order valence-corrected chi connectivity index (χ3v) is 5.21. The monoisotopic (exact) mass is 424 g/mol. The lowest BCUT2D eigenvalue weighted by atomic mass is 10.3. The fourth-order valence-corrected chi connectivity index (χ4v) is 3.76. The van der Waals surface area contributed by atoms with Crippen LogP contribution in [0.15, 0.2) is 64.5 Å². The summed E-state index contributed by atoms with van der Waals surface area (Å²) in [6.07, 6.45) is 0. The van der Waals surface area contributed by atoms with E-state index in [4.69, 9.17) is 11.6 Å². The number of fused-ring (bicyclic) bond motifs is 1. The molecule has 0 saturated heterocycles. The summed E-state index contributed by atoms with van der Waals surface area (Å²) in [5, 5.41) is 11.5. The zero-order valence-corrected chi connectivity index (χ0v) is 17.3. The minimum Gasteiger partial charge on any atom is -0.308 e. The van der Waals surface area contributed by atoms with Crippen molar-refractivity contribution in [3.05, 3.63) is 71.1 Å². The van der Waals surface area contributed by atoms with Crippen LogP contribution in [0.25, 0.3) is 5.78 Å². The standard InChI is InChI=1S/C20H17ClN6OS/c1-12-11-18(27-19(22-12)23-13(2)26-27)29-17-9-7-16(8-10-17)25-20(28)24-15-5-3-14(21)4-6-15/h3-11H,1-2H3,(H2,24,25,28). The number of carbonyl (C=O) groups excluding carboxylic acids is 1. The van der Waals surface area contributed by atoms with Gasteiger partial charge in [-0.3, -0.25) is 0 Å². The Labute approximate surface area is 176 Å². The summed E-state index contributed by atoms with van der Waals surface area (Å²) in [5.74, 6) is 1.26. The number of nitrogens with one attached hydrogen (secondary N) is 2. The molecule has 4 rings (SSSR count). The molecule has 0 radical (unpaired) electrons. The smallest absolute Gasteiger partial charge is 0.308 e. The van der Waals surface area contributed by atoms with Crippen LogP contribution in [0.2, 0.25) is 5.02 Å². The van der Waals surface area contributed by atoms with Gasteiger partial charge in [0.2, 0.25) is 0 Å². The second-order valence-corrected chi connectivity index (χ2v) is 7.85. The Morgan fingerprint density at radius 2 is 1.59 bits per heavy atom. The van der Waals surface area contributed by atoms with Crippen molar-refractivity contribution in [1.29, 1.82) is 0 Å². The Morgan fingerprint density at radius 3 is 2.24 bits per heavy atom. The molecular weight excluding hydrogens is 408 g/mol. The molecule has 0 saturated carbocycles. The fraction of sp³-hybridized carbons (Fsp3) is 0.100. The lowest BCUT2D eigenvalue weighted by Crippen LogP contribution is -2.19. The van der Waals surface area contributed by atoms with Crippen LogP contribution < -0.4 is 10.6 Å². The van der Waals surface area contributed by atoms with Gasteiger partial charge in [-0.25, -0.2) is 9.78 Å². The molecule has 7 nitrogen and oxygen atoms in total. The first-order valence-corrected chi connectivity index (χ1v) is 9.98. The Hall–Kier alpha value is -3.10. The molecular formula is C20H17ClN6OS. The average molecular weight is 425 g/mol. The molecule has 0 atom stereocenters. The molecule has 0 unspecified atom stereocenters. The molecule has 0 aliphatic rings. The van der Waals surface area contributed by atoms with Crippen molar-refractivity contribution >= 4 is 46.5 Å². The van der Waals surface area contributed by atoms with E-state index in [1.54, 1.807) is 40.5 Å². The molecule has 2 heterocycles. The van der Waals surface area contributed by atoms with Crippen LogP contribution in [-0.2, 0) is 0 Å². The molecule has 2 N–H and O–H groups in total. The van der Waals surface area contributed by atoms with Gasteiger partial charge in [-0.1, -0.05) is 23.4 Å². The first kappa shape index (κ1) is 19.2. The van der Waals surface area contributed by atoms with Gasteiger partial charge < -0.3 is 10.6 Å². The molecule has 2 aromatic heterocycles. The number of hydrogen-bond acceptors (Lipinski definition) is 5. The van der Waals surface area contributed by atoms with E-state index in [9.17, 15) is 4.79 Å². The van der Waals surface area contributed by atoms with Gasteiger partial charge in [0.1, 0.15) is 10.9 Å². The van der Waals surface area contributed by atoms with Crippen molar-refractivity contribution < 1.29 is 4.79 Å². The van der Waals surface area contributed by atoms with Crippen LogP contribution in [0.5, 0.6) is 0 Å². The van der Waals surface area contributed by atoms with E-state index in [0.717, 1.165) is 15.6 Å². The van der Waals surface area contributed by atoms with Gasteiger partial charge in [0.15, 0.2) is 0 Å². The summed E-state index contributed by atoms with van der Waals surface area (Å²) in [5.41, 5.74) is 2.23. The van der Waals surface area contributed by atoms with E-state index in [0.29, 0.717) is 28.0 Å². The summed E-state index contributed by atoms with van der Waals surface area (Å²) in [4.78, 5) is 21.9. The maximum Gasteiger partial charge on any atom is 0.323 e. The van der Waals surface area contributed by atoms with Crippen molar-refractivity contribution in [3.8, 4) is 0 Å². The molecule has 4 aromatic rings. The molecule has 0 bridgehead atoms. The number of rotatable bonds is 4. The molecule has 2 amide bonds. The number of anilines is 2. The number of aryl methyl sites for hydroxylation is 2. The second-order valence-electron chi connectivity index (χ2n) is 6.32. The van der Waals surface area contributed by atoms with Gasteiger partial charge >= 0.3 is 6.03 Å². The predicted octanol–water partition coefficient (Wildman–Crippen LogP) is 5.19. The molecule has 0 fully saturated rings. The SMILES string of the molecule is Cc1cc(Sc2ccc(NC(=O)Nc3ccc(Cl)cc3)cc2)n2nc(C)nc2n1. The van der Waals surface area contributed by atoms with Crippen molar-refractivity contribution in [2.24, 2.45) is 0 Å². The Morgan fingerprint density at radius 1 is 0.966 bits per heavy atom. The Kier molecular flexibility index (Phi) is 5.37. The van der Waals surface area contributed by atoms with Gasteiger partial charge in [0.25, 0.3) is 5.78 Å². The number of carbonyl (C=O) groups is 1. The molecule has 9 heteroatoms. The molecule has 146 valence electrons. The normalized spacial score (nSPS) is 10.9. The highest BCUT2D eigenvalue weighted by molar-refractivity contribution is 7.99. The number of urea groups is 1. The van der Waals surface area contributed by atoms with Gasteiger partial charge in [0.05, 0.1) is 0 Å². The minimum atomic E-state index is -0.322. The number of halogens is 1. The fourth-order valence-electron chi connectivity index (χ4n) is 2.68. The highest BCUT2D eigenvalue weighted by Crippen LogP contribution is 2.29. The van der Waals surface area contributed by atoms with Crippen molar-refractivity contribution in [2.45, 2.75) is 23.8 Å². The largest absolute Gasteiger partial charge is 0.323 e. The predicted molar refractivity (Wildman–Crippen MR) is 115 cm³/mol. The van der Waals surface area contributed by atoms with Crippen LogP contribution in [0, 0.1) is 13.8 Å². The van der Waals surface area contributed by atoms with Crippen LogP contribution >= 0.6 is 23.4 Å². The van der Waals surface area contributed by atoms with Crippen LogP contribution in [0.1, 0.15) is 11.5 Å². The van der Waals surface area contributed by atoms with Crippen LogP contribution in [0.4, 0.5) is 16.2 Å². The van der Waals surface area contributed by atoms with Crippen molar-refractivity contribution in [2.75, 3.05) is 10.6 Å². The summed E-state index contributed by atoms with van der Waals surface area (Å²) in [6, 6.07) is 16.1. The van der Waals surface area contributed by atoms with E-state index >= 15 is 0 Å². The Bertz CT molecular complexity index is 1170. The molecule has 29 heavy (non-hydrogen) atoms. The Balaban J connectivity index is 1.44. The van der Waals surface area contributed by atoms with E-state index in [-0.39, 0.29) is 6.03 Å². The van der Waals surface area contributed by atoms with Crippen molar-refractivity contribution in [1.82, 2.24) is 19.6 Å². The number of amides is 2. The van der Waals surface area contributed by atoms with E-state index in [1.807, 2.05) is 44.2 Å². The number of aromatic nitrogens is 4. The highest BCUT2D eigenvalue weighted by Gasteiger charge is 2.10. The molecule has 2 aromatic carbocycles. The van der Waals surface area contributed by atoms with Crippen LogP contribution in [-0.4, -0.2) is 25.6 Å². The van der Waals surface area contributed by atoms with Gasteiger partial charge in [-0.05, 0) is 68.4 Å². The topological polar surface area (TPSA) is 84.2 Å². The quantitative estimate of drug-likeness (QED) is 0.440. The average Bonchev–Trinajstić information content (AvgIpc) is 3.05. The second kappa shape index (κ2) is 8.10.